The molecule has 0 bridgehead atoms. The molecular weight excluding hydrogens is 358 g/mol. The highest BCUT2D eigenvalue weighted by Crippen LogP contribution is 2.42. The van der Waals surface area contributed by atoms with Gasteiger partial charge in [-0.3, -0.25) is 4.84 Å². The minimum atomic E-state index is -1.67. The van der Waals surface area contributed by atoms with Crippen LogP contribution in [0.15, 0.2) is 29.5 Å². The minimum absolute atomic E-state index is 0.379. The Morgan fingerprint density at radius 3 is 2.85 bits per heavy atom. The molecule has 4 N–H and O–H groups in total. The number of aliphatic hydroxyl groups excluding tert-OH is 2. The van der Waals surface area contributed by atoms with E-state index in [-0.39, 0.29) is 0 Å². The standard InChI is InChI=1S/C16H19N5O6/c1-16(24)12(23)10(5-22)27-15(16)21-4-8(9-3-17-7-26-9)11-13(20-25-2)18-6-19-14(11)21/h3-4,6-7,10,12,15,22-24H,5H2,1-2H3,(H,18,19,20)/t10-,12-,15-,16-/m1/s1. The molecule has 0 aliphatic carbocycles. The monoisotopic (exact) mass is 377 g/mol. The zero-order chi connectivity index (χ0) is 19.2. The highest BCUT2D eigenvalue weighted by atomic mass is 16.6. The summed E-state index contributed by atoms with van der Waals surface area (Å²) in [6, 6.07) is 0. The molecule has 3 aromatic heterocycles. The number of aromatic nitrogens is 4. The molecule has 1 aliphatic rings. The van der Waals surface area contributed by atoms with E-state index in [9.17, 15) is 15.3 Å². The van der Waals surface area contributed by atoms with E-state index < -0.39 is 30.6 Å². The lowest BCUT2D eigenvalue weighted by Crippen LogP contribution is -2.44. The molecule has 1 aliphatic heterocycles. The molecule has 11 heteroatoms. The van der Waals surface area contributed by atoms with Gasteiger partial charge in [-0.1, -0.05) is 0 Å². The molecule has 4 heterocycles. The number of nitrogens with one attached hydrogen (secondary N) is 1. The van der Waals surface area contributed by atoms with Crippen molar-refractivity contribution in [2.45, 2.75) is 31.0 Å². The van der Waals surface area contributed by atoms with Gasteiger partial charge in [-0.05, 0) is 6.92 Å². The predicted octanol–water partition coefficient (Wildman–Crippen LogP) is 0.0612. The molecule has 0 saturated carbocycles. The SMILES string of the molecule is CONc1ncnc2c1c(-c1cnco1)cn2[C@@H]1O[C@H](CO)[C@@H](O)[C@@]1(C)O. The molecule has 3 aromatic rings. The maximum Gasteiger partial charge on any atom is 0.181 e. The number of oxazole rings is 1. The second-order valence-corrected chi connectivity index (χ2v) is 6.42. The molecular formula is C16H19N5O6. The van der Waals surface area contributed by atoms with Crippen molar-refractivity contribution < 1.29 is 29.3 Å². The first-order chi connectivity index (χ1) is 13.0. The average Bonchev–Trinajstić information content (AvgIpc) is 3.34. The number of nitrogens with zero attached hydrogens (tertiary/aromatic N) is 4. The first-order valence-corrected chi connectivity index (χ1v) is 8.19. The Morgan fingerprint density at radius 2 is 2.22 bits per heavy atom. The molecule has 1 fully saturated rings. The molecule has 4 rings (SSSR count). The second kappa shape index (κ2) is 6.55. The molecule has 0 spiro atoms. The summed E-state index contributed by atoms with van der Waals surface area (Å²) in [5.41, 5.74) is 2.01. The summed E-state index contributed by atoms with van der Waals surface area (Å²) in [6.45, 7) is 1.00. The third-order valence-corrected chi connectivity index (χ3v) is 4.69. The van der Waals surface area contributed by atoms with Crippen LogP contribution in [0.25, 0.3) is 22.4 Å². The fourth-order valence-corrected chi connectivity index (χ4v) is 3.36. The van der Waals surface area contributed by atoms with Gasteiger partial charge in [-0.25, -0.2) is 20.4 Å². The molecule has 0 aromatic carbocycles. The van der Waals surface area contributed by atoms with Crippen molar-refractivity contribution in [3.8, 4) is 11.3 Å². The Morgan fingerprint density at radius 1 is 1.41 bits per heavy atom. The molecule has 0 unspecified atom stereocenters. The Balaban J connectivity index is 1.94. The van der Waals surface area contributed by atoms with E-state index >= 15 is 0 Å². The van der Waals surface area contributed by atoms with Gasteiger partial charge in [0.05, 0.1) is 30.9 Å². The van der Waals surface area contributed by atoms with Crippen molar-refractivity contribution in [3.63, 3.8) is 0 Å². The fourth-order valence-electron chi connectivity index (χ4n) is 3.36. The molecule has 144 valence electrons. The van der Waals surface area contributed by atoms with Gasteiger partial charge in [-0.2, -0.15) is 0 Å². The number of anilines is 1. The molecule has 11 nitrogen and oxygen atoms in total. The molecule has 0 amide bonds. The number of hydrogen-bond acceptors (Lipinski definition) is 10. The lowest BCUT2D eigenvalue weighted by Gasteiger charge is -2.27. The van der Waals surface area contributed by atoms with Crippen LogP contribution in [0, 0.1) is 0 Å². The third kappa shape index (κ3) is 2.67. The van der Waals surface area contributed by atoms with Crippen LogP contribution in [-0.2, 0) is 9.57 Å². The predicted molar refractivity (Wildman–Crippen MR) is 91.3 cm³/mol. The Bertz CT molecular complexity index is 940. The van der Waals surface area contributed by atoms with Crippen LogP contribution in [0.3, 0.4) is 0 Å². The Labute approximate surface area is 153 Å². The lowest BCUT2D eigenvalue weighted by atomic mass is 9.96. The van der Waals surface area contributed by atoms with E-state index in [1.807, 2.05) is 0 Å². The summed E-state index contributed by atoms with van der Waals surface area (Å²) in [5, 5.41) is 31.1. The van der Waals surface area contributed by atoms with Gasteiger partial charge in [0.15, 0.2) is 24.2 Å². The molecule has 27 heavy (non-hydrogen) atoms. The lowest BCUT2D eigenvalue weighted by molar-refractivity contribution is -0.0948. The molecule has 4 atom stereocenters. The van der Waals surface area contributed by atoms with Gasteiger partial charge in [0.2, 0.25) is 0 Å². The second-order valence-electron chi connectivity index (χ2n) is 6.42. The third-order valence-electron chi connectivity index (χ3n) is 4.69. The van der Waals surface area contributed by atoms with Crippen LogP contribution in [0.5, 0.6) is 0 Å². The number of rotatable bonds is 5. The van der Waals surface area contributed by atoms with E-state index in [0.29, 0.717) is 28.2 Å². The highest BCUT2D eigenvalue weighted by molar-refractivity contribution is 6.00. The Kier molecular flexibility index (Phi) is 4.32. The molecule has 1 saturated heterocycles. The summed E-state index contributed by atoms with van der Waals surface area (Å²) < 4.78 is 12.7. The van der Waals surface area contributed by atoms with E-state index in [2.05, 4.69) is 20.4 Å². The molecule has 0 radical (unpaired) electrons. The van der Waals surface area contributed by atoms with Gasteiger partial charge in [-0.15, -0.1) is 0 Å². The zero-order valence-electron chi connectivity index (χ0n) is 14.6. The average molecular weight is 377 g/mol. The van der Waals surface area contributed by atoms with E-state index in [4.69, 9.17) is 14.0 Å². The summed E-state index contributed by atoms with van der Waals surface area (Å²) in [6.07, 6.45) is 2.59. The maximum atomic E-state index is 10.8. The largest absolute Gasteiger partial charge is 0.443 e. The van der Waals surface area contributed by atoms with Crippen LogP contribution in [-0.4, -0.2) is 66.4 Å². The first kappa shape index (κ1) is 17.8. The summed E-state index contributed by atoms with van der Waals surface area (Å²) in [4.78, 5) is 17.4. The van der Waals surface area contributed by atoms with Crippen molar-refractivity contribution in [1.29, 1.82) is 0 Å². The fraction of sp³-hybridized carbons (Fsp3) is 0.438. The quantitative estimate of drug-likeness (QED) is 0.450. The van der Waals surface area contributed by atoms with E-state index in [1.165, 1.54) is 33.0 Å². The van der Waals surface area contributed by atoms with Gasteiger partial charge in [0, 0.05) is 6.20 Å². The van der Waals surface area contributed by atoms with Gasteiger partial charge >= 0.3 is 0 Å². The summed E-state index contributed by atoms with van der Waals surface area (Å²) in [7, 11) is 1.45. The van der Waals surface area contributed by atoms with Crippen LogP contribution in [0.4, 0.5) is 5.82 Å². The van der Waals surface area contributed by atoms with E-state index in [1.54, 1.807) is 10.8 Å². The van der Waals surface area contributed by atoms with E-state index in [0.717, 1.165) is 0 Å². The Hall–Kier alpha value is -2.57. The summed E-state index contributed by atoms with van der Waals surface area (Å²) >= 11 is 0. The number of aliphatic hydroxyl groups is 3. The smallest absolute Gasteiger partial charge is 0.181 e. The van der Waals surface area contributed by atoms with Crippen molar-refractivity contribution in [1.82, 2.24) is 19.5 Å². The number of fused-ring (bicyclic) bond motifs is 1. The topological polar surface area (TPSA) is 148 Å². The van der Waals surface area contributed by atoms with Gasteiger partial charge < -0.3 is 29.0 Å². The zero-order valence-corrected chi connectivity index (χ0v) is 14.6. The van der Waals surface area contributed by atoms with Gasteiger partial charge in [0.25, 0.3) is 0 Å². The maximum absolute atomic E-state index is 10.8. The number of ether oxygens (including phenoxy) is 1. The van der Waals surface area contributed by atoms with Crippen LogP contribution < -0.4 is 5.48 Å². The minimum Gasteiger partial charge on any atom is -0.443 e. The van der Waals surface area contributed by atoms with Gasteiger partial charge in [0.1, 0.15) is 29.8 Å². The highest BCUT2D eigenvalue weighted by Gasteiger charge is 2.53. The van der Waals surface area contributed by atoms with Crippen molar-refractivity contribution in [3.05, 3.63) is 25.1 Å². The van der Waals surface area contributed by atoms with Crippen molar-refractivity contribution >= 4 is 16.9 Å². The first-order valence-electron chi connectivity index (χ1n) is 8.19. The van der Waals surface area contributed by atoms with Crippen molar-refractivity contribution in [2.24, 2.45) is 0 Å². The van der Waals surface area contributed by atoms with Crippen LogP contribution in [0.2, 0.25) is 0 Å². The normalized spacial score (nSPS) is 28.1. The number of hydrogen-bond donors (Lipinski definition) is 4. The van der Waals surface area contributed by atoms with Crippen LogP contribution in [0.1, 0.15) is 13.2 Å². The van der Waals surface area contributed by atoms with Crippen LogP contribution >= 0.6 is 0 Å². The summed E-state index contributed by atoms with van der Waals surface area (Å²) in [5.74, 6) is 0.828. The van der Waals surface area contributed by atoms with Crippen molar-refractivity contribution in [2.75, 3.05) is 19.2 Å².